The lowest BCUT2D eigenvalue weighted by Gasteiger charge is -2.27. The molecule has 5 nitrogen and oxygen atoms in total. The number of nitrogens with one attached hydrogen (secondary N) is 2. The Balaban J connectivity index is 1.45. The van der Waals surface area contributed by atoms with Crippen LogP contribution in [0.25, 0.3) is 0 Å². The Labute approximate surface area is 206 Å². The highest BCUT2D eigenvalue weighted by molar-refractivity contribution is 5.93. The van der Waals surface area contributed by atoms with Crippen molar-refractivity contribution in [3.63, 3.8) is 0 Å². The van der Waals surface area contributed by atoms with Crippen LogP contribution in [0.2, 0.25) is 0 Å². The summed E-state index contributed by atoms with van der Waals surface area (Å²) >= 11 is 0. The Bertz CT molecular complexity index is 1210. The third-order valence-electron chi connectivity index (χ3n) is 6.40. The van der Waals surface area contributed by atoms with Gasteiger partial charge in [0.2, 0.25) is 0 Å². The topological polar surface area (TPSA) is 62.7 Å². The Kier molecular flexibility index (Phi) is 7.04. The molecule has 3 aromatic carbocycles. The second-order valence-corrected chi connectivity index (χ2v) is 8.78. The number of para-hydroxylation sites is 1. The van der Waals surface area contributed by atoms with E-state index in [1.54, 1.807) is 0 Å². The van der Waals surface area contributed by atoms with Crippen molar-refractivity contribution in [2.24, 2.45) is 10.9 Å². The van der Waals surface area contributed by atoms with E-state index in [4.69, 9.17) is 9.73 Å². The van der Waals surface area contributed by atoms with Gasteiger partial charge < -0.3 is 10.1 Å². The third kappa shape index (κ3) is 5.52. The fourth-order valence-electron chi connectivity index (χ4n) is 4.68. The Morgan fingerprint density at radius 2 is 1.60 bits per heavy atom. The molecule has 176 valence electrons. The van der Waals surface area contributed by atoms with Gasteiger partial charge >= 0.3 is 6.09 Å². The van der Waals surface area contributed by atoms with Crippen LogP contribution in [0.5, 0.6) is 0 Å². The van der Waals surface area contributed by atoms with Crippen LogP contribution in [-0.2, 0) is 4.74 Å². The molecule has 2 unspecified atom stereocenters. The number of carbonyl (C=O) groups is 1. The lowest BCUT2D eigenvalue weighted by molar-refractivity contribution is 0.141. The van der Waals surface area contributed by atoms with Gasteiger partial charge in [-0.1, -0.05) is 103 Å². The number of allylic oxidation sites excluding steroid dienone is 3. The molecule has 0 bridgehead atoms. The van der Waals surface area contributed by atoms with Crippen molar-refractivity contribution in [1.29, 1.82) is 0 Å². The monoisotopic (exact) mass is 463 g/mol. The van der Waals surface area contributed by atoms with Gasteiger partial charge in [0.05, 0.1) is 12.1 Å². The molecular formula is C30H29N3O2. The Morgan fingerprint density at radius 1 is 0.914 bits per heavy atom. The van der Waals surface area contributed by atoms with E-state index in [2.05, 4.69) is 47.1 Å². The first-order valence-electron chi connectivity index (χ1n) is 12.1. The van der Waals surface area contributed by atoms with E-state index in [1.165, 1.54) is 0 Å². The van der Waals surface area contributed by atoms with E-state index in [-0.39, 0.29) is 12.1 Å². The molecule has 5 rings (SSSR count). The Morgan fingerprint density at radius 3 is 2.34 bits per heavy atom. The average molecular weight is 464 g/mol. The number of amides is 1. The first-order valence-corrected chi connectivity index (χ1v) is 12.1. The zero-order valence-electron chi connectivity index (χ0n) is 19.5. The highest BCUT2D eigenvalue weighted by Crippen LogP contribution is 2.36. The van der Waals surface area contributed by atoms with Crippen molar-refractivity contribution < 1.29 is 9.53 Å². The SMILES string of the molecule is O=C(Nc1ccccc1)OC(C1=N[C@@H](c2ccccc2)C([C@@H]2C=CC=CCC2)N1)c1ccccc1. The summed E-state index contributed by atoms with van der Waals surface area (Å²) in [5.41, 5.74) is 2.69. The molecule has 0 saturated heterocycles. The molecule has 1 aliphatic heterocycles. The van der Waals surface area contributed by atoms with Gasteiger partial charge in [-0.15, -0.1) is 0 Å². The number of aliphatic imine (C=N–C) groups is 1. The number of anilines is 1. The molecule has 0 saturated carbocycles. The van der Waals surface area contributed by atoms with Crippen LogP contribution >= 0.6 is 0 Å². The molecule has 1 aliphatic carbocycles. The number of hydrogen-bond donors (Lipinski definition) is 2. The van der Waals surface area contributed by atoms with Gasteiger partial charge in [0.25, 0.3) is 0 Å². The summed E-state index contributed by atoms with van der Waals surface area (Å²) in [6, 6.07) is 29.4. The van der Waals surface area contributed by atoms with Gasteiger partial charge in [0, 0.05) is 17.2 Å². The van der Waals surface area contributed by atoms with Crippen LogP contribution < -0.4 is 10.6 Å². The first-order chi connectivity index (χ1) is 17.3. The molecule has 3 aromatic rings. The molecule has 5 heteroatoms. The number of nitrogens with zero attached hydrogens (tertiary/aromatic N) is 1. The van der Waals surface area contributed by atoms with Crippen molar-refractivity contribution in [2.75, 3.05) is 5.32 Å². The van der Waals surface area contributed by atoms with E-state index < -0.39 is 12.2 Å². The van der Waals surface area contributed by atoms with Crippen LogP contribution in [0.4, 0.5) is 10.5 Å². The number of amidine groups is 1. The van der Waals surface area contributed by atoms with Gasteiger partial charge in [-0.25, -0.2) is 4.79 Å². The van der Waals surface area contributed by atoms with Crippen LogP contribution in [0, 0.1) is 5.92 Å². The van der Waals surface area contributed by atoms with E-state index >= 15 is 0 Å². The van der Waals surface area contributed by atoms with E-state index in [0.717, 1.165) is 24.0 Å². The first kappa shape index (κ1) is 22.7. The zero-order chi connectivity index (χ0) is 23.9. The predicted molar refractivity (Wildman–Crippen MR) is 140 cm³/mol. The summed E-state index contributed by atoms with van der Waals surface area (Å²) in [5.74, 6) is 0.967. The van der Waals surface area contributed by atoms with Crippen molar-refractivity contribution in [2.45, 2.75) is 31.0 Å². The zero-order valence-corrected chi connectivity index (χ0v) is 19.5. The molecule has 1 amide bonds. The van der Waals surface area contributed by atoms with Crippen molar-refractivity contribution in [1.82, 2.24) is 5.32 Å². The summed E-state index contributed by atoms with van der Waals surface area (Å²) in [5, 5.41) is 6.50. The maximum Gasteiger partial charge on any atom is 0.412 e. The highest BCUT2D eigenvalue weighted by Gasteiger charge is 2.38. The second-order valence-electron chi connectivity index (χ2n) is 8.78. The van der Waals surface area contributed by atoms with E-state index in [1.807, 2.05) is 78.9 Å². The lowest BCUT2D eigenvalue weighted by atomic mass is 9.87. The summed E-state index contributed by atoms with van der Waals surface area (Å²) in [7, 11) is 0. The molecular weight excluding hydrogens is 434 g/mol. The van der Waals surface area contributed by atoms with Gasteiger partial charge in [-0.3, -0.25) is 10.3 Å². The van der Waals surface area contributed by atoms with Crippen molar-refractivity contribution >= 4 is 17.6 Å². The Hall–Kier alpha value is -4.12. The van der Waals surface area contributed by atoms with Gasteiger partial charge in [-0.2, -0.15) is 0 Å². The average Bonchev–Trinajstić information content (AvgIpc) is 3.16. The molecule has 35 heavy (non-hydrogen) atoms. The number of hydrogen-bond acceptors (Lipinski definition) is 4. The van der Waals surface area contributed by atoms with Gasteiger partial charge in [0.15, 0.2) is 6.10 Å². The van der Waals surface area contributed by atoms with Gasteiger partial charge in [-0.05, 0) is 30.5 Å². The molecule has 0 spiro atoms. The van der Waals surface area contributed by atoms with Crippen molar-refractivity contribution in [3.8, 4) is 0 Å². The smallest absolute Gasteiger partial charge is 0.412 e. The normalized spacial score (nSPS) is 21.9. The third-order valence-corrected chi connectivity index (χ3v) is 6.40. The van der Waals surface area contributed by atoms with Crippen LogP contribution in [0.1, 0.15) is 36.1 Å². The molecule has 2 aliphatic rings. The lowest BCUT2D eigenvalue weighted by Crippen LogP contribution is -2.40. The largest absolute Gasteiger partial charge is 0.433 e. The second kappa shape index (κ2) is 10.9. The number of carbonyl (C=O) groups excluding carboxylic acids is 1. The summed E-state index contributed by atoms with van der Waals surface area (Å²) in [6.45, 7) is 0. The van der Waals surface area contributed by atoms with Crippen molar-refractivity contribution in [3.05, 3.63) is 126 Å². The maximum atomic E-state index is 12.9. The van der Waals surface area contributed by atoms with E-state index in [9.17, 15) is 4.79 Å². The molecule has 2 N–H and O–H groups in total. The molecule has 0 radical (unpaired) electrons. The molecule has 1 heterocycles. The minimum absolute atomic E-state index is 0.0653. The summed E-state index contributed by atoms with van der Waals surface area (Å²) in [6.07, 6.45) is 9.57. The minimum Gasteiger partial charge on any atom is -0.433 e. The molecule has 4 atom stereocenters. The number of rotatable bonds is 6. The van der Waals surface area contributed by atoms with Gasteiger partial charge in [0.1, 0.15) is 5.84 Å². The standard InChI is InChI=1S/C30H29N3O2/c34-30(31-25-20-12-5-13-21-25)35-28(24-18-10-4-11-19-24)29-32-26(22-14-6-1-2-7-15-22)27(33-29)23-16-8-3-9-17-23/h1-6,8-14,16-22,26-28H,7,15H2,(H,31,34)(H,32,33)/t22-,26?,27+,28?/m1/s1. The predicted octanol–water partition coefficient (Wildman–Crippen LogP) is 6.61. The molecule has 0 aromatic heterocycles. The number of ether oxygens (including phenoxy) is 1. The van der Waals surface area contributed by atoms with Crippen LogP contribution in [0.15, 0.2) is 120 Å². The number of benzene rings is 3. The van der Waals surface area contributed by atoms with E-state index in [0.29, 0.717) is 17.4 Å². The minimum atomic E-state index is -0.649. The maximum absolute atomic E-state index is 12.9. The highest BCUT2D eigenvalue weighted by atomic mass is 16.6. The van der Waals surface area contributed by atoms with Crippen LogP contribution in [0.3, 0.4) is 0 Å². The summed E-state index contributed by atoms with van der Waals surface area (Å²) < 4.78 is 6.00. The fraction of sp³-hybridized carbons (Fsp3) is 0.200. The fourth-order valence-corrected chi connectivity index (χ4v) is 4.68. The quantitative estimate of drug-likeness (QED) is 0.432. The molecule has 0 fully saturated rings. The van der Waals surface area contributed by atoms with Crippen LogP contribution in [-0.4, -0.2) is 18.0 Å². The summed E-state index contributed by atoms with van der Waals surface area (Å²) in [4.78, 5) is 18.0.